The lowest BCUT2D eigenvalue weighted by Crippen LogP contribution is -2.46. The molecule has 0 unspecified atom stereocenters. The molecule has 0 radical (unpaired) electrons. The summed E-state index contributed by atoms with van der Waals surface area (Å²) in [5.74, 6) is 1.62. The maximum Gasteiger partial charge on any atom is 0.150 e. The summed E-state index contributed by atoms with van der Waals surface area (Å²) in [5, 5.41) is 7.13. The fourth-order valence-corrected chi connectivity index (χ4v) is 2.63. The van der Waals surface area contributed by atoms with Crippen molar-refractivity contribution in [2.24, 2.45) is 0 Å². The largest absolute Gasteiger partial charge is 0.367 e. The van der Waals surface area contributed by atoms with E-state index in [2.05, 4.69) is 25.0 Å². The first-order valence-electron chi connectivity index (χ1n) is 7.38. The van der Waals surface area contributed by atoms with E-state index in [-0.39, 0.29) is 5.82 Å². The van der Waals surface area contributed by atoms with Gasteiger partial charge in [-0.3, -0.25) is 10.00 Å². The molecule has 2 heterocycles. The topological polar surface area (TPSA) is 48.1 Å². The zero-order valence-electron chi connectivity index (χ0n) is 12.2. The molecule has 1 N–H and O–H groups in total. The number of hydrogen-bond donors (Lipinski definition) is 1. The van der Waals surface area contributed by atoms with Crippen LogP contribution in [0.5, 0.6) is 0 Å². The number of nitrogens with one attached hydrogen (secondary N) is 1. The van der Waals surface area contributed by atoms with Crippen LogP contribution < -0.4 is 4.90 Å². The third kappa shape index (κ3) is 3.21. The van der Waals surface area contributed by atoms with Gasteiger partial charge in [0.15, 0.2) is 0 Å². The predicted molar refractivity (Wildman–Crippen MR) is 79.7 cm³/mol. The van der Waals surface area contributed by atoms with E-state index in [1.165, 1.54) is 6.07 Å². The van der Waals surface area contributed by atoms with Crippen LogP contribution in [0.3, 0.4) is 0 Å². The van der Waals surface area contributed by atoms with Gasteiger partial charge in [0.1, 0.15) is 17.5 Å². The van der Waals surface area contributed by atoms with Gasteiger partial charge in [-0.15, -0.1) is 0 Å². The van der Waals surface area contributed by atoms with Crippen molar-refractivity contribution in [1.29, 1.82) is 0 Å². The zero-order valence-corrected chi connectivity index (χ0v) is 12.2. The molecule has 0 amide bonds. The van der Waals surface area contributed by atoms with Crippen LogP contribution in [0.1, 0.15) is 18.6 Å². The number of nitrogens with zero attached hydrogens (tertiary/aromatic N) is 4. The Morgan fingerprint density at radius 2 is 1.95 bits per heavy atom. The molecule has 112 valence electrons. The monoisotopic (exact) mass is 289 g/mol. The highest BCUT2D eigenvalue weighted by molar-refractivity contribution is 5.47. The number of hydrogen-bond acceptors (Lipinski definition) is 4. The third-order valence-electron chi connectivity index (χ3n) is 3.83. The molecular formula is C15H20FN5. The number of anilines is 1. The van der Waals surface area contributed by atoms with Gasteiger partial charge in [0.25, 0.3) is 0 Å². The van der Waals surface area contributed by atoms with Gasteiger partial charge in [0, 0.05) is 32.6 Å². The van der Waals surface area contributed by atoms with E-state index in [4.69, 9.17) is 0 Å². The molecule has 1 aliphatic rings. The van der Waals surface area contributed by atoms with Crippen LogP contribution in [0, 0.1) is 5.82 Å². The Balaban J connectivity index is 1.56. The Hall–Kier alpha value is -1.95. The lowest BCUT2D eigenvalue weighted by molar-refractivity contribution is 0.243. The number of aromatic amines is 1. The zero-order chi connectivity index (χ0) is 14.7. The van der Waals surface area contributed by atoms with Gasteiger partial charge in [-0.25, -0.2) is 9.37 Å². The van der Waals surface area contributed by atoms with Gasteiger partial charge in [0.2, 0.25) is 0 Å². The first-order chi connectivity index (χ1) is 10.3. The molecule has 1 saturated heterocycles. The van der Waals surface area contributed by atoms with Crippen molar-refractivity contribution < 1.29 is 4.39 Å². The number of piperazine rings is 1. The molecule has 0 spiro atoms. The van der Waals surface area contributed by atoms with E-state index >= 15 is 0 Å². The summed E-state index contributed by atoms with van der Waals surface area (Å²) in [5.41, 5.74) is 0.699. The van der Waals surface area contributed by atoms with Gasteiger partial charge in [0.05, 0.1) is 12.2 Å². The molecule has 0 bridgehead atoms. The molecule has 1 aromatic carbocycles. The lowest BCUT2D eigenvalue weighted by Gasteiger charge is -2.35. The second-order valence-electron chi connectivity index (χ2n) is 5.27. The summed E-state index contributed by atoms with van der Waals surface area (Å²) >= 11 is 0. The quantitative estimate of drug-likeness (QED) is 0.933. The van der Waals surface area contributed by atoms with Crippen molar-refractivity contribution in [3.8, 4) is 0 Å². The van der Waals surface area contributed by atoms with Gasteiger partial charge >= 0.3 is 0 Å². The fourth-order valence-electron chi connectivity index (χ4n) is 2.63. The lowest BCUT2D eigenvalue weighted by atomic mass is 10.2. The van der Waals surface area contributed by atoms with Crippen molar-refractivity contribution in [3.05, 3.63) is 41.7 Å². The molecule has 6 heteroatoms. The van der Waals surface area contributed by atoms with Gasteiger partial charge < -0.3 is 4.90 Å². The smallest absolute Gasteiger partial charge is 0.150 e. The minimum Gasteiger partial charge on any atom is -0.367 e. The van der Waals surface area contributed by atoms with Crippen molar-refractivity contribution >= 4 is 5.69 Å². The summed E-state index contributed by atoms with van der Waals surface area (Å²) in [4.78, 5) is 8.85. The summed E-state index contributed by atoms with van der Waals surface area (Å²) in [6.45, 7) is 6.27. The first-order valence-corrected chi connectivity index (χ1v) is 7.38. The van der Waals surface area contributed by atoms with Gasteiger partial charge in [-0.05, 0) is 12.1 Å². The Bertz CT molecular complexity index is 589. The number of rotatable bonds is 4. The molecule has 21 heavy (non-hydrogen) atoms. The number of H-pyrrole nitrogens is 1. The van der Waals surface area contributed by atoms with Crippen LogP contribution in [0.2, 0.25) is 0 Å². The van der Waals surface area contributed by atoms with Crippen molar-refractivity contribution in [3.63, 3.8) is 0 Å². The molecule has 1 aliphatic heterocycles. The van der Waals surface area contributed by atoms with Crippen LogP contribution in [0.15, 0.2) is 24.3 Å². The highest BCUT2D eigenvalue weighted by Crippen LogP contribution is 2.20. The highest BCUT2D eigenvalue weighted by atomic mass is 19.1. The molecule has 1 fully saturated rings. The maximum atomic E-state index is 13.8. The van der Waals surface area contributed by atoms with Crippen LogP contribution in [-0.2, 0) is 13.0 Å². The molecular weight excluding hydrogens is 269 g/mol. The normalized spacial score (nSPS) is 16.4. The standard InChI is InChI=1S/C15H20FN5/c1-2-14-17-15(19-18-14)11-20-7-9-21(10-8-20)13-6-4-3-5-12(13)16/h3-6H,2,7-11H2,1H3,(H,17,18,19). The summed E-state index contributed by atoms with van der Waals surface area (Å²) in [7, 11) is 0. The minimum atomic E-state index is -0.145. The average Bonchev–Trinajstić information content (AvgIpc) is 2.96. The molecule has 3 rings (SSSR count). The van der Waals surface area contributed by atoms with Crippen molar-refractivity contribution in [2.45, 2.75) is 19.9 Å². The van der Waals surface area contributed by atoms with Gasteiger partial charge in [-0.1, -0.05) is 19.1 Å². The van der Waals surface area contributed by atoms with E-state index in [9.17, 15) is 4.39 Å². The van der Waals surface area contributed by atoms with E-state index < -0.39 is 0 Å². The van der Waals surface area contributed by atoms with Crippen LogP contribution >= 0.6 is 0 Å². The van der Waals surface area contributed by atoms with Crippen LogP contribution in [-0.4, -0.2) is 46.3 Å². The number of halogens is 1. The van der Waals surface area contributed by atoms with Crippen molar-refractivity contribution in [1.82, 2.24) is 20.1 Å². The molecule has 0 aliphatic carbocycles. The van der Waals surface area contributed by atoms with E-state index in [0.29, 0.717) is 5.69 Å². The molecule has 1 aromatic heterocycles. The summed E-state index contributed by atoms with van der Waals surface area (Å²) in [6, 6.07) is 6.97. The molecule has 2 aromatic rings. The molecule has 5 nitrogen and oxygen atoms in total. The highest BCUT2D eigenvalue weighted by Gasteiger charge is 2.20. The van der Waals surface area contributed by atoms with Crippen LogP contribution in [0.4, 0.5) is 10.1 Å². The summed E-state index contributed by atoms with van der Waals surface area (Å²) in [6.07, 6.45) is 0.845. The second kappa shape index (κ2) is 6.22. The average molecular weight is 289 g/mol. The minimum absolute atomic E-state index is 0.145. The van der Waals surface area contributed by atoms with Crippen LogP contribution in [0.25, 0.3) is 0 Å². The van der Waals surface area contributed by atoms with E-state index in [1.807, 2.05) is 19.1 Å². The number of aromatic nitrogens is 3. The molecule has 0 atom stereocenters. The molecule has 0 saturated carbocycles. The van der Waals surface area contributed by atoms with E-state index in [1.54, 1.807) is 6.07 Å². The first kappa shape index (κ1) is 14.0. The summed E-state index contributed by atoms with van der Waals surface area (Å²) < 4.78 is 13.8. The SMILES string of the molecule is CCc1n[nH]c(CN2CCN(c3ccccc3F)CC2)n1. The van der Waals surface area contributed by atoms with Gasteiger partial charge in [-0.2, -0.15) is 5.10 Å². The third-order valence-corrected chi connectivity index (χ3v) is 3.83. The Morgan fingerprint density at radius 1 is 1.19 bits per heavy atom. The predicted octanol–water partition coefficient (Wildman–Crippen LogP) is 1.83. The Morgan fingerprint density at radius 3 is 2.62 bits per heavy atom. The number of para-hydroxylation sites is 1. The maximum absolute atomic E-state index is 13.8. The van der Waals surface area contributed by atoms with E-state index in [0.717, 1.165) is 50.8 Å². The number of aryl methyl sites for hydroxylation is 1. The van der Waals surface area contributed by atoms with Crippen molar-refractivity contribution in [2.75, 3.05) is 31.1 Å². The number of benzene rings is 1. The second-order valence-corrected chi connectivity index (χ2v) is 5.27. The fraction of sp³-hybridized carbons (Fsp3) is 0.467. The Labute approximate surface area is 123 Å². The Kier molecular flexibility index (Phi) is 4.15.